The normalized spacial score (nSPS) is 11.1. The molecule has 0 bridgehead atoms. The molecule has 0 fully saturated rings. The molecule has 0 unspecified atom stereocenters. The van der Waals surface area contributed by atoms with E-state index in [2.05, 4.69) is 5.32 Å². The highest BCUT2D eigenvalue weighted by Gasteiger charge is 2.26. The van der Waals surface area contributed by atoms with Gasteiger partial charge < -0.3 is 15.3 Å². The van der Waals surface area contributed by atoms with Crippen molar-refractivity contribution in [3.8, 4) is 0 Å². The number of carbonyl (C=O) groups excluding carboxylic acids is 2. The van der Waals surface area contributed by atoms with Crippen LogP contribution in [0.5, 0.6) is 0 Å². The van der Waals surface area contributed by atoms with Crippen molar-refractivity contribution in [2.45, 2.75) is 26.3 Å². The van der Waals surface area contributed by atoms with Crippen LogP contribution in [0.15, 0.2) is 24.3 Å². The highest BCUT2D eigenvalue weighted by atomic mass is 16.3. The Morgan fingerprint density at radius 1 is 1.25 bits per heavy atom. The van der Waals surface area contributed by atoms with Gasteiger partial charge in [0.2, 0.25) is 5.91 Å². The van der Waals surface area contributed by atoms with Crippen molar-refractivity contribution in [2.75, 3.05) is 20.2 Å². The first-order chi connectivity index (χ1) is 9.27. The van der Waals surface area contributed by atoms with E-state index in [-0.39, 0.29) is 25.0 Å². The molecular formula is C15H22N2O3. The van der Waals surface area contributed by atoms with Gasteiger partial charge >= 0.3 is 0 Å². The number of benzene rings is 1. The Bertz CT molecular complexity index is 480. The molecule has 5 heteroatoms. The predicted molar refractivity (Wildman–Crippen MR) is 77.4 cm³/mol. The number of carbonyl (C=O) groups is 2. The highest BCUT2D eigenvalue weighted by molar-refractivity contribution is 5.96. The van der Waals surface area contributed by atoms with Crippen LogP contribution < -0.4 is 5.32 Å². The molecule has 0 heterocycles. The van der Waals surface area contributed by atoms with Gasteiger partial charge in [-0.15, -0.1) is 0 Å². The van der Waals surface area contributed by atoms with Crippen LogP contribution in [-0.4, -0.2) is 47.6 Å². The van der Waals surface area contributed by atoms with Gasteiger partial charge in [-0.3, -0.25) is 9.59 Å². The van der Waals surface area contributed by atoms with Crippen LogP contribution in [0.4, 0.5) is 0 Å². The average Bonchev–Trinajstić information content (AvgIpc) is 2.44. The van der Waals surface area contributed by atoms with E-state index in [4.69, 9.17) is 0 Å². The van der Waals surface area contributed by atoms with Crippen molar-refractivity contribution in [1.82, 2.24) is 10.2 Å². The number of hydrogen-bond donors (Lipinski definition) is 2. The molecule has 0 aliphatic carbocycles. The largest absolute Gasteiger partial charge is 0.394 e. The molecule has 0 aromatic heterocycles. The second-order valence-corrected chi connectivity index (χ2v) is 5.47. The third-order valence-electron chi connectivity index (χ3n) is 3.38. The zero-order chi connectivity index (χ0) is 15.3. The van der Waals surface area contributed by atoms with Gasteiger partial charge in [0.1, 0.15) is 0 Å². The molecule has 2 N–H and O–H groups in total. The van der Waals surface area contributed by atoms with Crippen molar-refractivity contribution in [3.63, 3.8) is 0 Å². The van der Waals surface area contributed by atoms with Crippen molar-refractivity contribution in [1.29, 1.82) is 0 Å². The number of likely N-dealkylation sites (N-methyl/N-ethyl adjacent to an activating group) is 1. The topological polar surface area (TPSA) is 69.6 Å². The summed E-state index contributed by atoms with van der Waals surface area (Å²) in [6, 6.07) is 7.13. The summed E-state index contributed by atoms with van der Waals surface area (Å²) in [5.74, 6) is -0.530. The minimum Gasteiger partial charge on any atom is -0.394 e. The summed E-state index contributed by atoms with van der Waals surface area (Å²) in [6.45, 7) is 5.23. The number of aliphatic hydroxyl groups is 1. The first-order valence-electron chi connectivity index (χ1n) is 6.50. The van der Waals surface area contributed by atoms with Gasteiger partial charge in [0.25, 0.3) is 5.91 Å². The third kappa shape index (κ3) is 4.06. The summed E-state index contributed by atoms with van der Waals surface area (Å²) < 4.78 is 0. The van der Waals surface area contributed by atoms with Crippen LogP contribution in [0.3, 0.4) is 0 Å². The predicted octanol–water partition coefficient (Wildman–Crippen LogP) is 0.954. The van der Waals surface area contributed by atoms with Crippen LogP contribution in [0.25, 0.3) is 0 Å². The summed E-state index contributed by atoms with van der Waals surface area (Å²) in [5, 5.41) is 11.8. The lowest BCUT2D eigenvalue weighted by Gasteiger charge is -2.33. The molecule has 0 saturated carbocycles. The number of amides is 2. The van der Waals surface area contributed by atoms with E-state index in [1.165, 1.54) is 4.90 Å². The monoisotopic (exact) mass is 278 g/mol. The van der Waals surface area contributed by atoms with Gasteiger partial charge in [0.05, 0.1) is 18.7 Å². The van der Waals surface area contributed by atoms with E-state index in [0.717, 1.165) is 5.56 Å². The SMILES string of the molecule is Cc1ccc(C(=O)NCC(=O)N(C)C(C)(C)CO)cc1. The van der Waals surface area contributed by atoms with Crippen LogP contribution in [0.1, 0.15) is 29.8 Å². The summed E-state index contributed by atoms with van der Waals surface area (Å²) in [4.78, 5) is 25.2. The van der Waals surface area contributed by atoms with Gasteiger partial charge in [0, 0.05) is 12.6 Å². The van der Waals surface area contributed by atoms with Crippen LogP contribution >= 0.6 is 0 Å². The van der Waals surface area contributed by atoms with E-state index in [1.807, 2.05) is 19.1 Å². The summed E-state index contributed by atoms with van der Waals surface area (Å²) in [6.07, 6.45) is 0. The van der Waals surface area contributed by atoms with Crippen LogP contribution in [-0.2, 0) is 4.79 Å². The number of nitrogens with one attached hydrogen (secondary N) is 1. The molecule has 0 radical (unpaired) electrons. The highest BCUT2D eigenvalue weighted by Crippen LogP contribution is 2.10. The van der Waals surface area contributed by atoms with E-state index in [9.17, 15) is 14.7 Å². The molecule has 110 valence electrons. The Kier molecular flexibility index (Phi) is 5.27. The fourth-order valence-corrected chi connectivity index (χ4v) is 1.53. The Hall–Kier alpha value is -1.88. The van der Waals surface area contributed by atoms with Crippen molar-refractivity contribution in [3.05, 3.63) is 35.4 Å². The summed E-state index contributed by atoms with van der Waals surface area (Å²) in [7, 11) is 1.61. The Labute approximate surface area is 119 Å². The lowest BCUT2D eigenvalue weighted by molar-refractivity contribution is -0.134. The summed E-state index contributed by atoms with van der Waals surface area (Å²) in [5.41, 5.74) is 0.945. The van der Waals surface area contributed by atoms with Gasteiger partial charge in [-0.25, -0.2) is 0 Å². The molecule has 0 spiro atoms. The van der Waals surface area contributed by atoms with Crippen LogP contribution in [0.2, 0.25) is 0 Å². The number of nitrogens with zero attached hydrogens (tertiary/aromatic N) is 1. The lowest BCUT2D eigenvalue weighted by atomic mass is 10.1. The van der Waals surface area contributed by atoms with Gasteiger partial charge in [-0.2, -0.15) is 0 Å². The zero-order valence-electron chi connectivity index (χ0n) is 12.4. The van der Waals surface area contributed by atoms with Crippen molar-refractivity contribution < 1.29 is 14.7 Å². The number of rotatable bonds is 5. The molecule has 1 aromatic rings. The second-order valence-electron chi connectivity index (χ2n) is 5.47. The molecule has 20 heavy (non-hydrogen) atoms. The van der Waals surface area contributed by atoms with Gasteiger partial charge in [0.15, 0.2) is 0 Å². The van der Waals surface area contributed by atoms with Crippen molar-refractivity contribution >= 4 is 11.8 Å². The molecule has 0 aliphatic heterocycles. The molecule has 0 aliphatic rings. The zero-order valence-corrected chi connectivity index (χ0v) is 12.4. The fourth-order valence-electron chi connectivity index (χ4n) is 1.53. The van der Waals surface area contributed by atoms with Gasteiger partial charge in [-0.05, 0) is 32.9 Å². The first-order valence-corrected chi connectivity index (χ1v) is 6.50. The molecule has 1 rings (SSSR count). The standard InChI is InChI=1S/C15H22N2O3/c1-11-5-7-12(8-6-11)14(20)16-9-13(19)17(4)15(2,3)10-18/h5-8,18H,9-10H2,1-4H3,(H,16,20). The maximum atomic E-state index is 11.9. The average molecular weight is 278 g/mol. The minimum absolute atomic E-state index is 0.0906. The van der Waals surface area contributed by atoms with E-state index in [1.54, 1.807) is 33.0 Å². The number of aliphatic hydroxyl groups excluding tert-OH is 1. The van der Waals surface area contributed by atoms with E-state index >= 15 is 0 Å². The molecule has 5 nitrogen and oxygen atoms in total. The second kappa shape index (κ2) is 6.52. The molecule has 0 atom stereocenters. The number of aryl methyl sites for hydroxylation is 1. The Morgan fingerprint density at radius 3 is 2.30 bits per heavy atom. The molecule has 2 amide bonds. The van der Waals surface area contributed by atoms with Crippen LogP contribution in [0, 0.1) is 6.92 Å². The number of hydrogen-bond acceptors (Lipinski definition) is 3. The maximum absolute atomic E-state index is 11.9. The van der Waals surface area contributed by atoms with E-state index < -0.39 is 5.54 Å². The molecular weight excluding hydrogens is 256 g/mol. The maximum Gasteiger partial charge on any atom is 0.251 e. The quantitative estimate of drug-likeness (QED) is 0.842. The molecule has 1 aromatic carbocycles. The fraction of sp³-hybridized carbons (Fsp3) is 0.467. The minimum atomic E-state index is -0.647. The third-order valence-corrected chi connectivity index (χ3v) is 3.38. The summed E-state index contributed by atoms with van der Waals surface area (Å²) >= 11 is 0. The smallest absolute Gasteiger partial charge is 0.251 e. The molecule has 0 saturated heterocycles. The van der Waals surface area contributed by atoms with Crippen molar-refractivity contribution in [2.24, 2.45) is 0 Å². The Morgan fingerprint density at radius 2 is 1.80 bits per heavy atom. The Balaban J connectivity index is 2.57. The van der Waals surface area contributed by atoms with Gasteiger partial charge in [-0.1, -0.05) is 17.7 Å². The van der Waals surface area contributed by atoms with E-state index in [0.29, 0.717) is 5.56 Å². The lowest BCUT2D eigenvalue weighted by Crippen LogP contribution is -2.50. The first kappa shape index (κ1) is 16.2.